The fourth-order valence-corrected chi connectivity index (χ4v) is 4.07. The number of allylic oxidation sites excluding steroid dienone is 1. The number of carbonyl (C=O) groups is 2. The molecule has 1 spiro atoms. The average molecular weight is 340 g/mol. The van der Waals surface area contributed by atoms with Crippen LogP contribution in [0.4, 0.5) is 0 Å². The summed E-state index contributed by atoms with van der Waals surface area (Å²) in [6.45, 7) is 6.86. The van der Waals surface area contributed by atoms with Crippen LogP contribution in [0.15, 0.2) is 43.0 Å². The third-order valence-corrected chi connectivity index (χ3v) is 5.70. The number of carbonyl (C=O) groups excluding carboxylic acids is 2. The topological polar surface area (TPSA) is 40.6 Å². The molecule has 2 aliphatic rings. The molecule has 0 radical (unpaired) electrons. The van der Waals surface area contributed by atoms with Gasteiger partial charge in [-0.05, 0) is 36.7 Å². The monoisotopic (exact) mass is 340 g/mol. The molecule has 0 atom stereocenters. The molecule has 0 saturated carbocycles. The maximum Gasteiger partial charge on any atom is 0.222 e. The van der Waals surface area contributed by atoms with Crippen molar-refractivity contribution >= 4 is 11.8 Å². The smallest absolute Gasteiger partial charge is 0.222 e. The van der Waals surface area contributed by atoms with Gasteiger partial charge in [-0.1, -0.05) is 36.4 Å². The second-order valence-electron chi connectivity index (χ2n) is 7.44. The molecule has 1 aromatic rings. The summed E-state index contributed by atoms with van der Waals surface area (Å²) in [6.07, 6.45) is 6.73. The van der Waals surface area contributed by atoms with Crippen molar-refractivity contribution in [3.8, 4) is 0 Å². The molecule has 2 saturated heterocycles. The van der Waals surface area contributed by atoms with Crippen molar-refractivity contribution in [3.63, 3.8) is 0 Å². The third-order valence-electron chi connectivity index (χ3n) is 5.70. The highest BCUT2D eigenvalue weighted by atomic mass is 16.2. The van der Waals surface area contributed by atoms with E-state index in [4.69, 9.17) is 0 Å². The molecule has 0 unspecified atom stereocenters. The van der Waals surface area contributed by atoms with Crippen LogP contribution in [0, 0.1) is 5.41 Å². The molecule has 3 rings (SSSR count). The fraction of sp³-hybridized carbons (Fsp3) is 0.524. The van der Waals surface area contributed by atoms with Gasteiger partial charge in [0.25, 0.3) is 0 Å². The molecule has 2 amide bonds. The van der Waals surface area contributed by atoms with Gasteiger partial charge in [0.2, 0.25) is 11.8 Å². The van der Waals surface area contributed by atoms with Gasteiger partial charge in [0, 0.05) is 39.0 Å². The minimum absolute atomic E-state index is 0.192. The Morgan fingerprint density at radius 1 is 1.16 bits per heavy atom. The van der Waals surface area contributed by atoms with Crippen LogP contribution in [-0.4, -0.2) is 41.2 Å². The van der Waals surface area contributed by atoms with E-state index in [1.165, 1.54) is 5.56 Å². The normalized spacial score (nSPS) is 19.9. The SMILES string of the molecule is C=CCCC(=O)N1CCC2(CCC(=O)N(Cc3ccccc3)C2)CC1. The number of benzene rings is 1. The van der Waals surface area contributed by atoms with Gasteiger partial charge in [0.05, 0.1) is 0 Å². The van der Waals surface area contributed by atoms with Crippen LogP contribution in [0.25, 0.3) is 0 Å². The van der Waals surface area contributed by atoms with Crippen LogP contribution in [0.1, 0.15) is 44.1 Å². The summed E-state index contributed by atoms with van der Waals surface area (Å²) >= 11 is 0. The number of nitrogens with zero attached hydrogens (tertiary/aromatic N) is 2. The fourth-order valence-electron chi connectivity index (χ4n) is 4.07. The summed E-state index contributed by atoms with van der Waals surface area (Å²) in [6, 6.07) is 10.2. The second kappa shape index (κ2) is 7.85. The highest BCUT2D eigenvalue weighted by Gasteiger charge is 2.41. The first-order valence-corrected chi connectivity index (χ1v) is 9.32. The zero-order valence-corrected chi connectivity index (χ0v) is 15.0. The van der Waals surface area contributed by atoms with E-state index in [-0.39, 0.29) is 17.2 Å². The molecule has 0 bridgehead atoms. The largest absolute Gasteiger partial charge is 0.343 e. The summed E-state index contributed by atoms with van der Waals surface area (Å²) in [5.74, 6) is 0.502. The highest BCUT2D eigenvalue weighted by molar-refractivity contribution is 5.77. The van der Waals surface area contributed by atoms with Gasteiger partial charge in [-0.25, -0.2) is 0 Å². The van der Waals surface area contributed by atoms with Crippen molar-refractivity contribution < 1.29 is 9.59 Å². The van der Waals surface area contributed by atoms with Gasteiger partial charge in [-0.3, -0.25) is 9.59 Å². The Labute approximate surface area is 150 Å². The second-order valence-corrected chi connectivity index (χ2v) is 7.44. The van der Waals surface area contributed by atoms with Gasteiger partial charge in [-0.15, -0.1) is 6.58 Å². The van der Waals surface area contributed by atoms with E-state index in [1.807, 2.05) is 28.0 Å². The first-order valence-electron chi connectivity index (χ1n) is 9.32. The number of rotatable bonds is 5. The molecule has 134 valence electrons. The molecular formula is C21H28N2O2. The standard InChI is InChI=1S/C21H28N2O2/c1-2-3-9-19(24)22-14-12-21(13-15-22)11-10-20(25)23(17-21)16-18-7-5-4-6-8-18/h2,4-8H,1,3,9-17H2. The molecule has 1 aromatic carbocycles. The Kier molecular flexibility index (Phi) is 5.57. The lowest BCUT2D eigenvalue weighted by Crippen LogP contribution is -2.52. The maximum absolute atomic E-state index is 12.4. The first kappa shape index (κ1) is 17.7. The molecule has 4 heteroatoms. The summed E-state index contributed by atoms with van der Waals surface area (Å²) in [5, 5.41) is 0. The molecule has 0 aliphatic carbocycles. The Morgan fingerprint density at radius 2 is 1.88 bits per heavy atom. The number of hydrogen-bond donors (Lipinski definition) is 0. The lowest BCUT2D eigenvalue weighted by molar-refractivity contribution is -0.143. The van der Waals surface area contributed by atoms with Crippen molar-refractivity contribution in [2.45, 2.75) is 45.1 Å². The highest BCUT2D eigenvalue weighted by Crippen LogP contribution is 2.40. The average Bonchev–Trinajstić information content (AvgIpc) is 2.64. The predicted molar refractivity (Wildman–Crippen MR) is 98.8 cm³/mol. The minimum atomic E-state index is 0.192. The Balaban J connectivity index is 1.59. The lowest BCUT2D eigenvalue weighted by Gasteiger charge is -2.47. The summed E-state index contributed by atoms with van der Waals surface area (Å²) in [5.41, 5.74) is 1.38. The zero-order valence-electron chi connectivity index (χ0n) is 15.0. The van der Waals surface area contributed by atoms with Gasteiger partial charge < -0.3 is 9.80 Å². The van der Waals surface area contributed by atoms with Crippen molar-refractivity contribution in [1.82, 2.24) is 9.80 Å². The van der Waals surface area contributed by atoms with E-state index in [1.54, 1.807) is 6.08 Å². The van der Waals surface area contributed by atoms with E-state index >= 15 is 0 Å². The van der Waals surface area contributed by atoms with E-state index in [9.17, 15) is 9.59 Å². The Morgan fingerprint density at radius 3 is 2.56 bits per heavy atom. The van der Waals surface area contributed by atoms with Gasteiger partial charge in [0.15, 0.2) is 0 Å². The number of piperidine rings is 2. The first-order chi connectivity index (χ1) is 12.1. The molecule has 0 N–H and O–H groups in total. The van der Waals surface area contributed by atoms with Crippen molar-refractivity contribution in [1.29, 1.82) is 0 Å². The van der Waals surface area contributed by atoms with E-state index in [0.717, 1.165) is 45.3 Å². The molecule has 0 aromatic heterocycles. The third kappa shape index (κ3) is 4.30. The van der Waals surface area contributed by atoms with Gasteiger partial charge >= 0.3 is 0 Å². The van der Waals surface area contributed by atoms with Crippen LogP contribution >= 0.6 is 0 Å². The van der Waals surface area contributed by atoms with Crippen molar-refractivity contribution in [2.75, 3.05) is 19.6 Å². The van der Waals surface area contributed by atoms with Crippen molar-refractivity contribution in [2.24, 2.45) is 5.41 Å². The number of likely N-dealkylation sites (tertiary alicyclic amines) is 2. The predicted octanol–water partition coefficient (Wildman–Crippen LogP) is 3.38. The number of amides is 2. The summed E-state index contributed by atoms with van der Waals surface area (Å²) in [7, 11) is 0. The molecule has 4 nitrogen and oxygen atoms in total. The minimum Gasteiger partial charge on any atom is -0.343 e. The summed E-state index contributed by atoms with van der Waals surface area (Å²) < 4.78 is 0. The maximum atomic E-state index is 12.4. The Bertz CT molecular complexity index is 618. The molecular weight excluding hydrogens is 312 g/mol. The van der Waals surface area contributed by atoms with Crippen LogP contribution in [0.2, 0.25) is 0 Å². The van der Waals surface area contributed by atoms with E-state index in [0.29, 0.717) is 19.4 Å². The van der Waals surface area contributed by atoms with E-state index < -0.39 is 0 Å². The lowest BCUT2D eigenvalue weighted by atomic mass is 9.72. The van der Waals surface area contributed by atoms with Gasteiger partial charge in [0.1, 0.15) is 0 Å². The molecule has 25 heavy (non-hydrogen) atoms. The van der Waals surface area contributed by atoms with E-state index in [2.05, 4.69) is 18.7 Å². The quantitative estimate of drug-likeness (QED) is 0.771. The molecule has 2 fully saturated rings. The van der Waals surface area contributed by atoms with Crippen molar-refractivity contribution in [3.05, 3.63) is 48.6 Å². The molecule has 2 heterocycles. The van der Waals surface area contributed by atoms with Crippen LogP contribution in [0.5, 0.6) is 0 Å². The van der Waals surface area contributed by atoms with Gasteiger partial charge in [-0.2, -0.15) is 0 Å². The van der Waals surface area contributed by atoms with Crippen LogP contribution in [-0.2, 0) is 16.1 Å². The zero-order chi connectivity index (χ0) is 17.7. The van der Waals surface area contributed by atoms with Crippen LogP contribution < -0.4 is 0 Å². The van der Waals surface area contributed by atoms with Crippen LogP contribution in [0.3, 0.4) is 0 Å². The number of hydrogen-bond acceptors (Lipinski definition) is 2. The summed E-state index contributed by atoms with van der Waals surface area (Å²) in [4.78, 5) is 28.6. The molecule has 2 aliphatic heterocycles. The Hall–Kier alpha value is -2.10.